The van der Waals surface area contributed by atoms with Gasteiger partial charge in [0.05, 0.1) is 0 Å². The lowest BCUT2D eigenvalue weighted by Gasteiger charge is -2.26. The highest BCUT2D eigenvalue weighted by atomic mass is 33.5. The number of hydrogen-bond donors (Lipinski definition) is 4. The Bertz CT molecular complexity index is 580. The van der Waals surface area contributed by atoms with E-state index in [1.54, 1.807) is 0 Å². The number of hydrogen-bond acceptors (Lipinski definition) is 7. The van der Waals surface area contributed by atoms with Gasteiger partial charge in [-0.3, -0.25) is 9.59 Å². The topological polar surface area (TPSA) is 64.7 Å². The molecule has 0 spiro atoms. The second kappa shape index (κ2) is 14.2. The van der Waals surface area contributed by atoms with Gasteiger partial charge in [-0.2, -0.15) is 0 Å². The van der Waals surface area contributed by atoms with Crippen LogP contribution in [0.15, 0.2) is 0 Å². The number of piperidine rings is 2. The molecule has 2 unspecified atom stereocenters. The number of nitrogens with zero attached hydrogens (tertiary/aromatic N) is 2. The van der Waals surface area contributed by atoms with Crippen LogP contribution in [0.3, 0.4) is 0 Å². The largest absolute Gasteiger partial charge is 0.352 e. The molecule has 6 rings (SSSR count). The van der Waals surface area contributed by atoms with Crippen molar-refractivity contribution in [3.8, 4) is 0 Å². The molecule has 6 aliphatic heterocycles. The molecule has 0 radical (unpaired) electrons. The lowest BCUT2D eigenvalue weighted by Crippen LogP contribution is -2.46. The van der Waals surface area contributed by atoms with Crippen molar-refractivity contribution in [2.45, 2.75) is 92.2 Å². The minimum Gasteiger partial charge on any atom is -0.352 e. The summed E-state index contributed by atoms with van der Waals surface area (Å²) in [5.74, 6) is 2.06. The van der Waals surface area contributed by atoms with Gasteiger partial charge in [0.15, 0.2) is 0 Å². The van der Waals surface area contributed by atoms with Gasteiger partial charge in [0.1, 0.15) is 0 Å². The maximum Gasteiger partial charge on any atom is 0.225 e. The van der Waals surface area contributed by atoms with Crippen LogP contribution >= 0.6 is 33.1 Å². The van der Waals surface area contributed by atoms with Crippen molar-refractivity contribution in [3.63, 3.8) is 0 Å². The number of amides is 2. The first kappa shape index (κ1) is 31.1. The minimum absolute atomic E-state index is 0.194. The van der Waals surface area contributed by atoms with Gasteiger partial charge in [-0.1, -0.05) is 64.9 Å². The maximum atomic E-state index is 11.9. The Kier molecular flexibility index (Phi) is 12.6. The normalized spacial score (nSPS) is 32.1. The number of fused-ring (bicyclic) bond motifs is 8. The lowest BCUT2D eigenvalue weighted by atomic mass is 9.92. The lowest BCUT2D eigenvalue weighted by molar-refractivity contribution is -0.130. The highest BCUT2D eigenvalue weighted by Crippen LogP contribution is 2.28. The molecule has 2 atom stereocenters. The van der Waals surface area contributed by atoms with Crippen molar-refractivity contribution < 1.29 is 9.59 Å². The Morgan fingerprint density at radius 2 is 0.971 bits per heavy atom. The van der Waals surface area contributed by atoms with Crippen LogP contribution in [0.25, 0.3) is 0 Å². The van der Waals surface area contributed by atoms with E-state index in [1.165, 1.54) is 64.7 Å². The molecule has 204 valence electrons. The molecule has 0 aliphatic carbocycles. The fourth-order valence-corrected chi connectivity index (χ4v) is 5.40. The first-order valence-corrected chi connectivity index (χ1v) is 16.3. The van der Waals surface area contributed by atoms with Gasteiger partial charge in [-0.25, -0.2) is 0 Å². The Morgan fingerprint density at radius 3 is 1.23 bits per heavy atom. The predicted molar refractivity (Wildman–Crippen MR) is 156 cm³/mol. The van der Waals surface area contributed by atoms with E-state index in [0.717, 1.165) is 34.8 Å². The second-order valence-electron chi connectivity index (χ2n) is 12.9. The van der Waals surface area contributed by atoms with Crippen molar-refractivity contribution in [1.29, 1.82) is 0 Å². The van der Waals surface area contributed by atoms with E-state index in [4.69, 9.17) is 0 Å². The van der Waals surface area contributed by atoms with Gasteiger partial charge in [0, 0.05) is 36.0 Å². The Balaban J connectivity index is 0.000000222. The standard InChI is InChI=1S/2C13H24N2O.H2S3/c2*1-13(2,3)12(16)14-11-8-10-4-6-15(9-11)7-5-10;1-3-2/h2*10-11H,4-9H2,1-3H3,(H,14,16);1-2H. The van der Waals surface area contributed by atoms with Gasteiger partial charge < -0.3 is 20.4 Å². The van der Waals surface area contributed by atoms with Crippen LogP contribution in [0.1, 0.15) is 80.1 Å². The molecule has 0 saturated carbocycles. The molecule has 2 N–H and O–H groups in total. The molecule has 0 aromatic rings. The summed E-state index contributed by atoms with van der Waals surface area (Å²) in [5, 5.41) is 6.44. The van der Waals surface area contributed by atoms with Gasteiger partial charge in [-0.05, 0) is 86.4 Å². The van der Waals surface area contributed by atoms with Crippen LogP contribution in [0, 0.1) is 22.7 Å². The van der Waals surface area contributed by atoms with Crippen LogP contribution < -0.4 is 10.6 Å². The summed E-state index contributed by atoms with van der Waals surface area (Å²) >= 11 is 7.14. The molecule has 6 fully saturated rings. The summed E-state index contributed by atoms with van der Waals surface area (Å²) in [7, 11) is 1.14. The van der Waals surface area contributed by atoms with Gasteiger partial charge in [-0.15, -0.1) is 0 Å². The molecule has 35 heavy (non-hydrogen) atoms. The van der Waals surface area contributed by atoms with Crippen LogP contribution in [0.2, 0.25) is 0 Å². The number of carbonyl (C=O) groups is 2. The highest BCUT2D eigenvalue weighted by molar-refractivity contribution is 9.01. The fraction of sp³-hybridized carbons (Fsp3) is 0.923. The van der Waals surface area contributed by atoms with Crippen LogP contribution in [0.4, 0.5) is 0 Å². The average molecular weight is 547 g/mol. The summed E-state index contributed by atoms with van der Waals surface area (Å²) in [5.41, 5.74) is -0.526. The van der Waals surface area contributed by atoms with E-state index in [-0.39, 0.29) is 22.6 Å². The van der Waals surface area contributed by atoms with Gasteiger partial charge in [0.25, 0.3) is 0 Å². The van der Waals surface area contributed by atoms with Crippen LogP contribution in [-0.2, 0) is 9.59 Å². The van der Waals surface area contributed by atoms with E-state index < -0.39 is 0 Å². The highest BCUT2D eigenvalue weighted by Gasteiger charge is 2.33. The Labute approximate surface area is 228 Å². The number of rotatable bonds is 2. The zero-order valence-electron chi connectivity index (χ0n) is 22.8. The zero-order chi connectivity index (χ0) is 26.2. The summed E-state index contributed by atoms with van der Waals surface area (Å²) in [4.78, 5) is 28.9. The quantitative estimate of drug-likeness (QED) is 0.299. The summed E-state index contributed by atoms with van der Waals surface area (Å²) in [6.07, 6.45) is 7.64. The average Bonchev–Trinajstić information content (AvgIpc) is 3.23. The van der Waals surface area contributed by atoms with Crippen molar-refractivity contribution in [1.82, 2.24) is 20.4 Å². The van der Waals surface area contributed by atoms with Crippen molar-refractivity contribution in [3.05, 3.63) is 0 Å². The minimum atomic E-state index is -0.263. The Hall–Kier alpha value is -0.0900. The maximum absolute atomic E-state index is 11.9. The number of thiol groups is 2. The third-order valence-electron chi connectivity index (χ3n) is 7.64. The third kappa shape index (κ3) is 11.0. The molecule has 9 heteroatoms. The molecule has 4 bridgehead atoms. The number of nitrogens with one attached hydrogen (secondary N) is 2. The monoisotopic (exact) mass is 546 g/mol. The third-order valence-corrected chi connectivity index (χ3v) is 7.64. The molecule has 0 aromatic heterocycles. The number of carbonyl (C=O) groups excluding carboxylic acids is 2. The molecule has 6 heterocycles. The molecule has 6 nitrogen and oxygen atoms in total. The smallest absolute Gasteiger partial charge is 0.225 e. The fourth-order valence-electron chi connectivity index (χ4n) is 5.40. The Morgan fingerprint density at radius 1 is 0.686 bits per heavy atom. The first-order chi connectivity index (χ1) is 16.3. The summed E-state index contributed by atoms with van der Waals surface area (Å²) in [6.45, 7) is 18.9. The summed E-state index contributed by atoms with van der Waals surface area (Å²) in [6, 6.07) is 0.753. The molecular weight excluding hydrogens is 497 g/mol. The molecule has 6 aliphatic rings. The SMILES string of the molecule is CC(C)(C)C(=O)NC1CC2CCN(CC2)C1.CC(C)(C)C(=O)NC1CC2CCN(CC2)C1.SSS. The van der Waals surface area contributed by atoms with E-state index in [0.29, 0.717) is 12.1 Å². The van der Waals surface area contributed by atoms with E-state index >= 15 is 0 Å². The molecule has 0 aromatic carbocycles. The van der Waals surface area contributed by atoms with Gasteiger partial charge in [0.2, 0.25) is 11.8 Å². The first-order valence-electron chi connectivity index (χ1n) is 13.3. The van der Waals surface area contributed by atoms with Crippen molar-refractivity contribution >= 4 is 45.0 Å². The van der Waals surface area contributed by atoms with Crippen molar-refractivity contribution in [2.75, 3.05) is 39.3 Å². The van der Waals surface area contributed by atoms with E-state index in [9.17, 15) is 9.59 Å². The van der Waals surface area contributed by atoms with E-state index in [1.807, 2.05) is 41.5 Å². The summed E-state index contributed by atoms with van der Waals surface area (Å²) < 4.78 is 0. The van der Waals surface area contributed by atoms with Crippen LogP contribution in [0.5, 0.6) is 0 Å². The van der Waals surface area contributed by atoms with Crippen molar-refractivity contribution in [2.24, 2.45) is 22.7 Å². The second-order valence-corrected chi connectivity index (χ2v) is 15.0. The predicted octanol–water partition coefficient (Wildman–Crippen LogP) is 4.68. The molecule has 2 amide bonds. The zero-order valence-corrected chi connectivity index (χ0v) is 25.4. The van der Waals surface area contributed by atoms with E-state index in [2.05, 4.69) is 43.8 Å². The van der Waals surface area contributed by atoms with Gasteiger partial charge >= 0.3 is 0 Å². The molecule has 6 saturated heterocycles. The molecular formula is C26H50N4O2S3. The van der Waals surface area contributed by atoms with Crippen LogP contribution in [-0.4, -0.2) is 73.0 Å².